The predicted octanol–water partition coefficient (Wildman–Crippen LogP) is 1.83. The number of esters is 1. The monoisotopic (exact) mass is 401 g/mol. The lowest BCUT2D eigenvalue weighted by atomic mass is 9.95. The number of hydrogen-bond donors (Lipinski definition) is 1. The number of benzene rings is 1. The van der Waals surface area contributed by atoms with E-state index in [0.717, 1.165) is 0 Å². The minimum atomic E-state index is -1.58. The molecule has 1 saturated heterocycles. The van der Waals surface area contributed by atoms with Crippen molar-refractivity contribution in [1.82, 2.24) is 10.2 Å². The maximum absolute atomic E-state index is 13.3. The smallest absolute Gasteiger partial charge is 0.354 e. The van der Waals surface area contributed by atoms with Gasteiger partial charge in [0.25, 0.3) is 11.8 Å². The number of carbonyl (C=O) groups is 4. The highest BCUT2D eigenvalue weighted by atomic mass is 16.5. The molecule has 3 amide bonds. The summed E-state index contributed by atoms with van der Waals surface area (Å²) in [4.78, 5) is 54.2. The van der Waals surface area contributed by atoms with Crippen molar-refractivity contribution in [1.29, 1.82) is 0 Å². The number of ether oxygens (including phenoxy) is 1. The molecule has 2 heterocycles. The minimum absolute atomic E-state index is 0.105. The number of fused-ring (bicyclic) bond motifs is 3. The number of amides is 3. The Kier molecular flexibility index (Phi) is 5.15. The van der Waals surface area contributed by atoms with E-state index in [1.165, 1.54) is 9.80 Å². The molecule has 1 atom stereocenters. The zero-order chi connectivity index (χ0) is 21.6. The predicted molar refractivity (Wildman–Crippen MR) is 106 cm³/mol. The summed E-state index contributed by atoms with van der Waals surface area (Å²) in [7, 11) is 0. The number of nitrogens with one attached hydrogen (secondary N) is 1. The van der Waals surface area contributed by atoms with Gasteiger partial charge in [-0.2, -0.15) is 0 Å². The van der Waals surface area contributed by atoms with Gasteiger partial charge in [-0.15, -0.1) is 0 Å². The van der Waals surface area contributed by atoms with Crippen LogP contribution in [0, 0.1) is 0 Å². The van der Waals surface area contributed by atoms with E-state index < -0.39 is 29.7 Å². The van der Waals surface area contributed by atoms with E-state index in [9.17, 15) is 19.2 Å². The van der Waals surface area contributed by atoms with Gasteiger partial charge in [-0.1, -0.05) is 12.1 Å². The highest BCUT2D eigenvalue weighted by Crippen LogP contribution is 2.45. The molecule has 8 heteroatoms. The van der Waals surface area contributed by atoms with Gasteiger partial charge in [-0.25, -0.2) is 4.79 Å². The number of anilines is 1. The Labute approximate surface area is 170 Å². The Morgan fingerprint density at radius 3 is 2.48 bits per heavy atom. The number of para-hydroxylation sites is 1. The first-order valence-corrected chi connectivity index (χ1v) is 9.73. The maximum Gasteiger partial charge on any atom is 0.354 e. The molecular formula is C21H27N3O5. The van der Waals surface area contributed by atoms with Crippen LogP contribution < -0.4 is 10.2 Å². The SMILES string of the molecule is CC(C)N1C(=O)c2ccccc2N2C(=O)CC[C@]21C(=O)OCC(=O)NC(C)(C)C. The topological polar surface area (TPSA) is 96.0 Å². The molecular weight excluding hydrogens is 374 g/mol. The molecule has 1 aromatic carbocycles. The van der Waals surface area contributed by atoms with E-state index in [4.69, 9.17) is 4.74 Å². The zero-order valence-corrected chi connectivity index (χ0v) is 17.4. The van der Waals surface area contributed by atoms with Crippen molar-refractivity contribution >= 4 is 29.4 Å². The molecule has 0 bridgehead atoms. The van der Waals surface area contributed by atoms with Gasteiger partial charge in [-0.05, 0) is 46.8 Å². The van der Waals surface area contributed by atoms with E-state index >= 15 is 0 Å². The summed E-state index contributed by atoms with van der Waals surface area (Å²) >= 11 is 0. The van der Waals surface area contributed by atoms with Crippen molar-refractivity contribution in [3.63, 3.8) is 0 Å². The third-order valence-electron chi connectivity index (χ3n) is 4.99. The third kappa shape index (κ3) is 3.47. The fourth-order valence-electron chi connectivity index (χ4n) is 4.07. The zero-order valence-electron chi connectivity index (χ0n) is 17.4. The van der Waals surface area contributed by atoms with Gasteiger partial charge in [0, 0.05) is 24.4 Å². The summed E-state index contributed by atoms with van der Waals surface area (Å²) in [5.74, 6) is -1.81. The molecule has 2 aliphatic rings. The second-order valence-corrected chi connectivity index (χ2v) is 8.71. The lowest BCUT2D eigenvalue weighted by Crippen LogP contribution is -2.70. The molecule has 1 fully saturated rings. The van der Waals surface area contributed by atoms with E-state index in [1.807, 2.05) is 20.8 Å². The van der Waals surface area contributed by atoms with Crippen molar-refractivity contribution in [2.45, 2.75) is 64.7 Å². The van der Waals surface area contributed by atoms with Gasteiger partial charge in [0.15, 0.2) is 6.61 Å². The summed E-state index contributed by atoms with van der Waals surface area (Å²) in [6.07, 6.45) is 0.220. The van der Waals surface area contributed by atoms with Crippen LogP contribution in [-0.2, 0) is 19.1 Å². The van der Waals surface area contributed by atoms with Gasteiger partial charge in [0.1, 0.15) is 0 Å². The molecule has 0 unspecified atom stereocenters. The Morgan fingerprint density at radius 1 is 1.21 bits per heavy atom. The second-order valence-electron chi connectivity index (χ2n) is 8.71. The molecule has 0 radical (unpaired) electrons. The molecule has 156 valence electrons. The molecule has 2 aliphatic heterocycles. The highest BCUT2D eigenvalue weighted by Gasteiger charge is 2.62. The highest BCUT2D eigenvalue weighted by molar-refractivity contribution is 6.15. The van der Waals surface area contributed by atoms with Crippen LogP contribution in [0.25, 0.3) is 0 Å². The molecule has 3 rings (SSSR count). The Balaban J connectivity index is 1.99. The molecule has 8 nitrogen and oxygen atoms in total. The van der Waals surface area contributed by atoms with Crippen LogP contribution in [0.5, 0.6) is 0 Å². The van der Waals surface area contributed by atoms with Crippen molar-refractivity contribution in [3.05, 3.63) is 29.8 Å². The summed E-state index contributed by atoms with van der Waals surface area (Å²) in [6.45, 7) is 8.55. The standard InChI is InChI=1S/C21H27N3O5/c1-13(2)23-18(27)14-8-6-7-9-15(14)24-17(26)10-11-21(23,24)19(28)29-12-16(25)22-20(3,4)5/h6-9,13H,10-12H2,1-5H3,(H,22,25)/t21-/m1/s1. The number of nitrogens with zero attached hydrogens (tertiary/aromatic N) is 2. The maximum atomic E-state index is 13.3. The largest absolute Gasteiger partial charge is 0.452 e. The van der Waals surface area contributed by atoms with E-state index in [2.05, 4.69) is 5.32 Å². The molecule has 29 heavy (non-hydrogen) atoms. The molecule has 0 aromatic heterocycles. The lowest BCUT2D eigenvalue weighted by molar-refractivity contribution is -0.161. The Hall–Kier alpha value is -2.90. The van der Waals surface area contributed by atoms with E-state index in [-0.39, 0.29) is 30.7 Å². The van der Waals surface area contributed by atoms with Crippen molar-refractivity contribution < 1.29 is 23.9 Å². The van der Waals surface area contributed by atoms with Crippen LogP contribution in [0.4, 0.5) is 5.69 Å². The fraction of sp³-hybridized carbons (Fsp3) is 0.524. The molecule has 0 saturated carbocycles. The van der Waals surface area contributed by atoms with E-state index in [1.54, 1.807) is 38.1 Å². The van der Waals surface area contributed by atoms with Crippen LogP contribution in [0.1, 0.15) is 57.8 Å². The van der Waals surface area contributed by atoms with Crippen LogP contribution >= 0.6 is 0 Å². The van der Waals surface area contributed by atoms with Crippen LogP contribution in [-0.4, -0.2) is 52.4 Å². The molecule has 0 spiro atoms. The summed E-state index contributed by atoms with van der Waals surface area (Å²) in [5, 5.41) is 2.72. The first kappa shape index (κ1) is 20.8. The summed E-state index contributed by atoms with van der Waals surface area (Å²) in [6, 6.07) is 6.38. The average Bonchev–Trinajstić information content (AvgIpc) is 2.96. The third-order valence-corrected chi connectivity index (χ3v) is 4.99. The number of rotatable bonds is 4. The van der Waals surface area contributed by atoms with Gasteiger partial charge in [0.2, 0.25) is 11.6 Å². The van der Waals surface area contributed by atoms with Crippen LogP contribution in [0.15, 0.2) is 24.3 Å². The van der Waals surface area contributed by atoms with Crippen molar-refractivity contribution in [2.75, 3.05) is 11.5 Å². The summed E-state index contributed by atoms with van der Waals surface area (Å²) in [5.41, 5.74) is -1.29. The fourth-order valence-corrected chi connectivity index (χ4v) is 4.07. The van der Waals surface area contributed by atoms with Crippen LogP contribution in [0.2, 0.25) is 0 Å². The number of hydrogen-bond acceptors (Lipinski definition) is 5. The normalized spacial score (nSPS) is 21.2. The second kappa shape index (κ2) is 7.17. The summed E-state index contributed by atoms with van der Waals surface area (Å²) < 4.78 is 5.35. The number of carbonyl (C=O) groups excluding carboxylic acids is 4. The van der Waals surface area contributed by atoms with Gasteiger partial charge in [0.05, 0.1) is 11.3 Å². The van der Waals surface area contributed by atoms with Crippen LogP contribution in [0.3, 0.4) is 0 Å². The quantitative estimate of drug-likeness (QED) is 0.777. The van der Waals surface area contributed by atoms with Gasteiger partial charge < -0.3 is 15.0 Å². The van der Waals surface area contributed by atoms with Gasteiger partial charge >= 0.3 is 5.97 Å². The van der Waals surface area contributed by atoms with Gasteiger partial charge in [-0.3, -0.25) is 19.3 Å². The van der Waals surface area contributed by atoms with Crippen molar-refractivity contribution in [2.24, 2.45) is 0 Å². The first-order valence-electron chi connectivity index (χ1n) is 9.73. The van der Waals surface area contributed by atoms with E-state index in [0.29, 0.717) is 11.3 Å². The molecule has 1 aromatic rings. The lowest BCUT2D eigenvalue weighted by Gasteiger charge is -2.50. The Morgan fingerprint density at radius 2 is 1.86 bits per heavy atom. The molecule has 0 aliphatic carbocycles. The minimum Gasteiger partial charge on any atom is -0.452 e. The average molecular weight is 401 g/mol. The molecule has 1 N–H and O–H groups in total. The Bertz CT molecular complexity index is 873. The first-order chi connectivity index (χ1) is 13.5. The van der Waals surface area contributed by atoms with Crippen molar-refractivity contribution in [3.8, 4) is 0 Å².